The highest BCUT2D eigenvalue weighted by atomic mass is 16.6. The molecular formula is C10H18N2O4. The van der Waals surface area contributed by atoms with Gasteiger partial charge in [-0.05, 0) is 13.3 Å². The fraction of sp³-hybridized carbons (Fsp3) is 0.700. The van der Waals surface area contributed by atoms with Crippen molar-refractivity contribution in [2.45, 2.75) is 33.1 Å². The van der Waals surface area contributed by atoms with Crippen LogP contribution in [0.15, 0.2) is 11.9 Å². The first-order valence-corrected chi connectivity index (χ1v) is 5.38. The van der Waals surface area contributed by atoms with Crippen LogP contribution in [0.2, 0.25) is 0 Å². The van der Waals surface area contributed by atoms with Crippen LogP contribution in [0.3, 0.4) is 0 Å². The highest BCUT2D eigenvalue weighted by molar-refractivity contribution is 5.85. The van der Waals surface area contributed by atoms with Gasteiger partial charge >= 0.3 is 11.7 Å². The number of nitrogens with zero attached hydrogens (tertiary/aromatic N) is 1. The lowest BCUT2D eigenvalue weighted by atomic mass is 10.2. The molecule has 0 atom stereocenters. The maximum atomic E-state index is 11.1. The fourth-order valence-electron chi connectivity index (χ4n) is 1.04. The average molecular weight is 230 g/mol. The number of carbonyl (C=O) groups excluding carboxylic acids is 1. The van der Waals surface area contributed by atoms with E-state index in [-0.39, 0.29) is 6.61 Å². The van der Waals surface area contributed by atoms with E-state index >= 15 is 0 Å². The molecular weight excluding hydrogens is 212 g/mol. The molecule has 0 aromatic rings. The Morgan fingerprint density at radius 2 is 2.12 bits per heavy atom. The number of carbonyl (C=O) groups is 1. The lowest BCUT2D eigenvalue weighted by molar-refractivity contribution is -0.421. The Morgan fingerprint density at radius 3 is 2.62 bits per heavy atom. The molecule has 0 aliphatic carbocycles. The highest BCUT2D eigenvalue weighted by Crippen LogP contribution is 1.98. The number of ether oxygens (including phenoxy) is 1. The number of hydrogen-bond acceptors (Lipinski definition) is 5. The second-order valence-electron chi connectivity index (χ2n) is 3.17. The van der Waals surface area contributed by atoms with Gasteiger partial charge in [0.25, 0.3) is 0 Å². The number of hydrogen-bond donors (Lipinski definition) is 1. The molecule has 0 spiro atoms. The molecule has 0 saturated heterocycles. The summed E-state index contributed by atoms with van der Waals surface area (Å²) in [6, 6.07) is 0. The van der Waals surface area contributed by atoms with Crippen LogP contribution in [0.5, 0.6) is 0 Å². The van der Waals surface area contributed by atoms with Crippen molar-refractivity contribution in [2.75, 3.05) is 13.2 Å². The van der Waals surface area contributed by atoms with Gasteiger partial charge in [0.05, 0.1) is 17.7 Å². The Morgan fingerprint density at radius 1 is 1.44 bits per heavy atom. The molecule has 0 aliphatic rings. The maximum Gasteiger partial charge on any atom is 0.411 e. The molecule has 0 aromatic heterocycles. The number of rotatable bonds is 8. The van der Waals surface area contributed by atoms with Crippen LogP contribution < -0.4 is 5.32 Å². The third kappa shape index (κ3) is 6.00. The summed E-state index contributed by atoms with van der Waals surface area (Å²) in [5.74, 6) is -0.907. The fourth-order valence-corrected chi connectivity index (χ4v) is 1.04. The minimum atomic E-state index is -0.907. The minimum Gasteiger partial charge on any atom is -0.458 e. The van der Waals surface area contributed by atoms with Gasteiger partial charge in [-0.25, -0.2) is 4.79 Å². The van der Waals surface area contributed by atoms with Crippen molar-refractivity contribution in [3.8, 4) is 0 Å². The summed E-state index contributed by atoms with van der Waals surface area (Å²) >= 11 is 0. The van der Waals surface area contributed by atoms with Crippen molar-refractivity contribution in [3.05, 3.63) is 22.0 Å². The van der Waals surface area contributed by atoms with Gasteiger partial charge in [0.2, 0.25) is 0 Å². The van der Waals surface area contributed by atoms with E-state index in [1.165, 1.54) is 0 Å². The van der Waals surface area contributed by atoms with Crippen LogP contribution in [0, 0.1) is 10.1 Å². The number of unbranched alkanes of at least 4 members (excludes halogenated alkanes) is 2. The summed E-state index contributed by atoms with van der Waals surface area (Å²) in [6.07, 6.45) is 4.15. The smallest absolute Gasteiger partial charge is 0.411 e. The van der Waals surface area contributed by atoms with Crippen LogP contribution in [-0.2, 0) is 9.53 Å². The van der Waals surface area contributed by atoms with E-state index in [0.717, 1.165) is 25.5 Å². The average Bonchev–Trinajstić information content (AvgIpc) is 2.23. The third-order valence-corrected chi connectivity index (χ3v) is 1.84. The zero-order valence-corrected chi connectivity index (χ0v) is 9.69. The minimum absolute atomic E-state index is 0.125. The van der Waals surface area contributed by atoms with Crippen LogP contribution >= 0.6 is 0 Å². The van der Waals surface area contributed by atoms with E-state index in [2.05, 4.69) is 17.0 Å². The predicted molar refractivity (Wildman–Crippen MR) is 59.2 cm³/mol. The SMILES string of the molecule is CCCCCNC=C(C(=O)OCC)[N+](=O)[O-]. The van der Waals surface area contributed by atoms with Gasteiger partial charge in [0, 0.05) is 6.54 Å². The number of esters is 1. The normalized spacial score (nSPS) is 11.0. The molecule has 0 fully saturated rings. The zero-order valence-electron chi connectivity index (χ0n) is 9.69. The lowest BCUT2D eigenvalue weighted by Gasteiger charge is -2.01. The van der Waals surface area contributed by atoms with Gasteiger partial charge in [0.1, 0.15) is 0 Å². The van der Waals surface area contributed by atoms with Crippen molar-refractivity contribution in [1.82, 2.24) is 5.32 Å². The first-order valence-electron chi connectivity index (χ1n) is 5.38. The van der Waals surface area contributed by atoms with Crippen LogP contribution in [0.25, 0.3) is 0 Å². The van der Waals surface area contributed by atoms with Gasteiger partial charge < -0.3 is 10.1 Å². The molecule has 0 heterocycles. The summed E-state index contributed by atoms with van der Waals surface area (Å²) in [7, 11) is 0. The van der Waals surface area contributed by atoms with Gasteiger partial charge in [-0.3, -0.25) is 10.1 Å². The molecule has 0 unspecified atom stereocenters. The van der Waals surface area contributed by atoms with E-state index in [4.69, 9.17) is 0 Å². The second kappa shape index (κ2) is 8.70. The lowest BCUT2D eigenvalue weighted by Crippen LogP contribution is -2.19. The zero-order chi connectivity index (χ0) is 12.4. The molecule has 6 nitrogen and oxygen atoms in total. The molecule has 0 bridgehead atoms. The Hall–Kier alpha value is -1.59. The van der Waals surface area contributed by atoms with Crippen LogP contribution in [0.1, 0.15) is 33.1 Å². The standard InChI is InChI=1S/C10H18N2O4/c1-3-5-6-7-11-8-9(12(14)15)10(13)16-4-2/h8,11H,3-7H2,1-2H3. The van der Waals surface area contributed by atoms with Crippen molar-refractivity contribution >= 4 is 5.97 Å². The van der Waals surface area contributed by atoms with Crippen molar-refractivity contribution in [3.63, 3.8) is 0 Å². The van der Waals surface area contributed by atoms with E-state index in [1.54, 1.807) is 6.92 Å². The Bertz CT molecular complexity index is 264. The van der Waals surface area contributed by atoms with Gasteiger partial charge in [-0.15, -0.1) is 0 Å². The molecule has 6 heteroatoms. The number of nitrogens with one attached hydrogen (secondary N) is 1. The summed E-state index contributed by atoms with van der Waals surface area (Å²) in [6.45, 7) is 4.41. The summed E-state index contributed by atoms with van der Waals surface area (Å²) in [5.41, 5.74) is -0.557. The Balaban J connectivity index is 4.15. The van der Waals surface area contributed by atoms with Crippen LogP contribution in [0.4, 0.5) is 0 Å². The first kappa shape index (κ1) is 14.4. The second-order valence-corrected chi connectivity index (χ2v) is 3.17. The van der Waals surface area contributed by atoms with Crippen molar-refractivity contribution < 1.29 is 14.5 Å². The monoisotopic (exact) mass is 230 g/mol. The molecule has 0 aliphatic heterocycles. The van der Waals surface area contributed by atoms with E-state index in [1.807, 2.05) is 0 Å². The van der Waals surface area contributed by atoms with Gasteiger partial charge in [-0.1, -0.05) is 19.8 Å². The molecule has 1 N–H and O–H groups in total. The predicted octanol–water partition coefficient (Wildman–Crippen LogP) is 1.45. The molecule has 92 valence electrons. The van der Waals surface area contributed by atoms with Gasteiger partial charge in [-0.2, -0.15) is 0 Å². The molecule has 0 radical (unpaired) electrons. The van der Waals surface area contributed by atoms with E-state index in [9.17, 15) is 14.9 Å². The van der Waals surface area contributed by atoms with Crippen LogP contribution in [-0.4, -0.2) is 24.0 Å². The number of nitro groups is 1. The molecule has 0 aromatic carbocycles. The van der Waals surface area contributed by atoms with E-state index < -0.39 is 16.6 Å². The molecule has 16 heavy (non-hydrogen) atoms. The molecule has 0 saturated carbocycles. The first-order chi connectivity index (χ1) is 7.63. The maximum absolute atomic E-state index is 11.1. The highest BCUT2D eigenvalue weighted by Gasteiger charge is 2.22. The van der Waals surface area contributed by atoms with Crippen molar-refractivity contribution in [1.29, 1.82) is 0 Å². The summed E-state index contributed by atoms with van der Waals surface area (Å²) in [4.78, 5) is 20.9. The topological polar surface area (TPSA) is 81.5 Å². The van der Waals surface area contributed by atoms with Crippen molar-refractivity contribution in [2.24, 2.45) is 0 Å². The molecule has 0 amide bonds. The summed E-state index contributed by atoms with van der Waals surface area (Å²) in [5, 5.41) is 13.3. The third-order valence-electron chi connectivity index (χ3n) is 1.84. The van der Waals surface area contributed by atoms with E-state index in [0.29, 0.717) is 6.54 Å². The Labute approximate surface area is 94.8 Å². The summed E-state index contributed by atoms with van der Waals surface area (Å²) < 4.78 is 4.55. The largest absolute Gasteiger partial charge is 0.458 e. The quantitative estimate of drug-likeness (QED) is 0.224. The Kier molecular flexibility index (Phi) is 7.83. The molecule has 0 rings (SSSR count). The van der Waals surface area contributed by atoms with Gasteiger partial charge in [0.15, 0.2) is 0 Å².